The van der Waals surface area contributed by atoms with Gasteiger partial charge in [0, 0.05) is 6.54 Å². The van der Waals surface area contributed by atoms with Gasteiger partial charge in [-0.25, -0.2) is 9.07 Å². The zero-order valence-corrected chi connectivity index (χ0v) is 13.2. The van der Waals surface area contributed by atoms with Crippen LogP contribution in [0.4, 0.5) is 4.39 Å². The Labute approximate surface area is 138 Å². The van der Waals surface area contributed by atoms with Gasteiger partial charge in [0.2, 0.25) is 0 Å². The maximum atomic E-state index is 13.0. The predicted molar refractivity (Wildman–Crippen MR) is 85.5 cm³/mol. The van der Waals surface area contributed by atoms with Crippen molar-refractivity contribution in [2.24, 2.45) is 5.92 Å². The molecule has 128 valence electrons. The number of halogens is 1. The molecular weight excluding hydrogens is 313 g/mol. The fourth-order valence-electron chi connectivity index (χ4n) is 3.04. The number of aromatic nitrogens is 2. The molecular formula is C17H20FN3O3. The van der Waals surface area contributed by atoms with Crippen molar-refractivity contribution in [2.45, 2.75) is 31.8 Å². The Balaban J connectivity index is 1.65. The Bertz CT molecular complexity index is 708. The van der Waals surface area contributed by atoms with Gasteiger partial charge in [0.1, 0.15) is 5.82 Å². The lowest BCUT2D eigenvalue weighted by molar-refractivity contribution is 0.0834. The van der Waals surface area contributed by atoms with Crippen LogP contribution in [-0.4, -0.2) is 38.5 Å². The largest absolute Gasteiger partial charge is 0.504 e. The topological polar surface area (TPSA) is 87.4 Å². The van der Waals surface area contributed by atoms with Gasteiger partial charge in [-0.3, -0.25) is 4.79 Å². The molecule has 1 aromatic carbocycles. The molecule has 3 rings (SSSR count). The summed E-state index contributed by atoms with van der Waals surface area (Å²) >= 11 is 0. The van der Waals surface area contributed by atoms with E-state index in [2.05, 4.69) is 10.4 Å². The van der Waals surface area contributed by atoms with Crippen LogP contribution in [0.5, 0.6) is 5.75 Å². The Hall–Kier alpha value is -2.41. The quantitative estimate of drug-likeness (QED) is 0.781. The summed E-state index contributed by atoms with van der Waals surface area (Å²) in [5, 5.41) is 26.6. The summed E-state index contributed by atoms with van der Waals surface area (Å²) in [7, 11) is 0. The van der Waals surface area contributed by atoms with E-state index in [1.807, 2.05) is 0 Å². The number of carbonyl (C=O) groups is 1. The highest BCUT2D eigenvalue weighted by Gasteiger charge is 2.24. The molecule has 1 saturated carbocycles. The van der Waals surface area contributed by atoms with E-state index < -0.39 is 12.0 Å². The zero-order chi connectivity index (χ0) is 17.1. The van der Waals surface area contributed by atoms with Crippen molar-refractivity contribution in [3.8, 4) is 11.4 Å². The van der Waals surface area contributed by atoms with Crippen LogP contribution in [0.15, 0.2) is 30.5 Å². The van der Waals surface area contributed by atoms with Gasteiger partial charge in [0.25, 0.3) is 5.91 Å². The van der Waals surface area contributed by atoms with Gasteiger partial charge in [-0.05, 0) is 43.0 Å². The number of aromatic hydroxyl groups is 1. The minimum Gasteiger partial charge on any atom is -0.504 e. The number of aliphatic hydroxyl groups excluding tert-OH is 1. The highest BCUT2D eigenvalue weighted by molar-refractivity contribution is 5.94. The number of aliphatic hydroxyl groups is 1. The number of rotatable bonds is 5. The first-order chi connectivity index (χ1) is 11.5. The van der Waals surface area contributed by atoms with Crippen molar-refractivity contribution in [2.75, 3.05) is 6.54 Å². The van der Waals surface area contributed by atoms with Gasteiger partial charge < -0.3 is 15.5 Å². The first-order valence-electron chi connectivity index (χ1n) is 8.05. The number of benzene rings is 1. The lowest BCUT2D eigenvalue weighted by Crippen LogP contribution is -2.35. The van der Waals surface area contributed by atoms with Crippen LogP contribution in [0.1, 0.15) is 36.2 Å². The van der Waals surface area contributed by atoms with E-state index in [0.717, 1.165) is 25.7 Å². The SMILES string of the molecule is O=C(NCC(O)C1CCCC1)c1nn(-c2ccc(F)cc2)cc1O. The number of nitrogens with one attached hydrogen (secondary N) is 1. The highest BCUT2D eigenvalue weighted by atomic mass is 19.1. The second-order valence-corrected chi connectivity index (χ2v) is 6.11. The summed E-state index contributed by atoms with van der Waals surface area (Å²) in [6.07, 6.45) is 4.87. The molecule has 1 fully saturated rings. The predicted octanol–water partition coefficient (Wildman–Crippen LogP) is 2.00. The van der Waals surface area contributed by atoms with Gasteiger partial charge in [-0.15, -0.1) is 0 Å². The third-order valence-corrected chi connectivity index (χ3v) is 4.42. The van der Waals surface area contributed by atoms with E-state index in [-0.39, 0.29) is 29.7 Å². The number of nitrogens with zero attached hydrogens (tertiary/aromatic N) is 2. The molecule has 6 nitrogen and oxygen atoms in total. The standard InChI is InChI=1S/C17H20FN3O3/c18-12-5-7-13(8-6-12)21-10-15(23)16(20-21)17(24)19-9-14(22)11-3-1-2-4-11/h5-8,10-11,14,22-23H,1-4,9H2,(H,19,24). The Morgan fingerprint density at radius 3 is 2.67 bits per heavy atom. The van der Waals surface area contributed by atoms with Gasteiger partial charge in [-0.2, -0.15) is 5.10 Å². The first-order valence-corrected chi connectivity index (χ1v) is 8.05. The summed E-state index contributed by atoms with van der Waals surface area (Å²) in [6, 6.07) is 5.53. The van der Waals surface area contributed by atoms with Crippen LogP contribution in [0.25, 0.3) is 5.69 Å². The Morgan fingerprint density at radius 1 is 1.33 bits per heavy atom. The van der Waals surface area contributed by atoms with Gasteiger partial charge >= 0.3 is 0 Å². The molecule has 0 saturated heterocycles. The van der Waals surface area contributed by atoms with E-state index in [4.69, 9.17) is 0 Å². The molecule has 1 heterocycles. The third-order valence-electron chi connectivity index (χ3n) is 4.42. The molecule has 1 amide bonds. The lowest BCUT2D eigenvalue weighted by atomic mass is 10.0. The smallest absolute Gasteiger partial charge is 0.275 e. The summed E-state index contributed by atoms with van der Waals surface area (Å²) in [5.41, 5.74) is 0.398. The van der Waals surface area contributed by atoms with Gasteiger partial charge in [-0.1, -0.05) is 12.8 Å². The van der Waals surface area contributed by atoms with E-state index in [9.17, 15) is 19.4 Å². The molecule has 1 aromatic heterocycles. The summed E-state index contributed by atoms with van der Waals surface area (Å²) in [4.78, 5) is 12.2. The van der Waals surface area contributed by atoms with Crippen molar-refractivity contribution in [3.05, 3.63) is 42.0 Å². The second-order valence-electron chi connectivity index (χ2n) is 6.11. The van der Waals surface area contributed by atoms with E-state index in [1.54, 1.807) is 0 Å². The summed E-state index contributed by atoms with van der Waals surface area (Å²) in [5.74, 6) is -0.984. The molecule has 1 unspecified atom stereocenters. The minimum absolute atomic E-state index is 0.127. The van der Waals surface area contributed by atoms with Crippen LogP contribution in [0, 0.1) is 11.7 Å². The average Bonchev–Trinajstić information content (AvgIpc) is 3.23. The van der Waals surface area contributed by atoms with Crippen molar-refractivity contribution in [1.82, 2.24) is 15.1 Å². The van der Waals surface area contributed by atoms with E-state index >= 15 is 0 Å². The molecule has 1 aliphatic carbocycles. The van der Waals surface area contributed by atoms with Crippen LogP contribution in [-0.2, 0) is 0 Å². The van der Waals surface area contributed by atoms with Crippen molar-refractivity contribution in [3.63, 3.8) is 0 Å². The molecule has 24 heavy (non-hydrogen) atoms. The first kappa shape index (κ1) is 16.4. The molecule has 1 aliphatic rings. The van der Waals surface area contributed by atoms with Crippen LogP contribution >= 0.6 is 0 Å². The average molecular weight is 333 g/mol. The molecule has 0 radical (unpaired) electrons. The molecule has 2 aromatic rings. The van der Waals surface area contributed by atoms with Gasteiger partial charge in [0.05, 0.1) is 18.0 Å². The fourth-order valence-corrected chi connectivity index (χ4v) is 3.04. The Morgan fingerprint density at radius 2 is 2.00 bits per heavy atom. The van der Waals surface area contributed by atoms with Crippen molar-refractivity contribution < 1.29 is 19.4 Å². The fraction of sp³-hybridized carbons (Fsp3) is 0.412. The molecule has 0 bridgehead atoms. The molecule has 7 heteroatoms. The number of hydrogen-bond acceptors (Lipinski definition) is 4. The normalized spacial score (nSPS) is 16.2. The molecule has 0 aliphatic heterocycles. The third kappa shape index (κ3) is 3.56. The molecule has 0 spiro atoms. The van der Waals surface area contributed by atoms with Gasteiger partial charge in [0.15, 0.2) is 11.4 Å². The maximum absolute atomic E-state index is 13.0. The maximum Gasteiger partial charge on any atom is 0.275 e. The van der Waals surface area contributed by atoms with Crippen molar-refractivity contribution >= 4 is 5.91 Å². The van der Waals surface area contributed by atoms with Crippen molar-refractivity contribution in [1.29, 1.82) is 0 Å². The summed E-state index contributed by atoms with van der Waals surface area (Å²) in [6.45, 7) is 0.131. The number of amides is 1. The minimum atomic E-state index is -0.585. The zero-order valence-electron chi connectivity index (χ0n) is 13.2. The number of carbonyl (C=O) groups excluding carboxylic acids is 1. The van der Waals surface area contributed by atoms with Crippen LogP contribution in [0.2, 0.25) is 0 Å². The highest BCUT2D eigenvalue weighted by Crippen LogP contribution is 2.27. The number of hydrogen-bond donors (Lipinski definition) is 3. The van der Waals surface area contributed by atoms with Crippen LogP contribution < -0.4 is 5.32 Å². The summed E-state index contributed by atoms with van der Waals surface area (Å²) < 4.78 is 14.3. The monoisotopic (exact) mass is 333 g/mol. The molecule has 1 atom stereocenters. The van der Waals surface area contributed by atoms with E-state index in [1.165, 1.54) is 35.1 Å². The Kier molecular flexibility index (Phi) is 4.80. The lowest BCUT2D eigenvalue weighted by Gasteiger charge is -2.17. The van der Waals surface area contributed by atoms with E-state index in [0.29, 0.717) is 5.69 Å². The molecule has 3 N–H and O–H groups in total. The van der Waals surface area contributed by atoms with Crippen LogP contribution in [0.3, 0.4) is 0 Å². The second kappa shape index (κ2) is 7.00.